The standard InChI is InChI=1S/C21H18BrN5O2S/c1-14-24-18(12-30-14)11-29-19-4-2-3-16(9-19)20(28)25-21-23-13-27(26-21)10-15-5-7-17(22)8-6-15/h2-9,12-13H,10-11H2,1H3,(H,25,26,28). The first-order valence-electron chi connectivity index (χ1n) is 9.14. The Labute approximate surface area is 185 Å². The average Bonchev–Trinajstić information content (AvgIpc) is 3.37. The number of hydrogen-bond donors (Lipinski definition) is 1. The van der Waals surface area contributed by atoms with Crippen molar-refractivity contribution in [2.24, 2.45) is 0 Å². The molecule has 0 saturated heterocycles. The van der Waals surface area contributed by atoms with Crippen molar-refractivity contribution in [3.8, 4) is 5.75 Å². The fourth-order valence-electron chi connectivity index (χ4n) is 2.74. The molecule has 0 aliphatic heterocycles. The molecule has 30 heavy (non-hydrogen) atoms. The molecular weight excluding hydrogens is 466 g/mol. The first kappa shape index (κ1) is 20.2. The lowest BCUT2D eigenvalue weighted by Gasteiger charge is -2.06. The second-order valence-electron chi connectivity index (χ2n) is 6.52. The number of anilines is 1. The molecule has 0 fully saturated rings. The van der Waals surface area contributed by atoms with Crippen LogP contribution in [0.1, 0.15) is 26.6 Å². The van der Waals surface area contributed by atoms with E-state index in [4.69, 9.17) is 4.74 Å². The number of hydrogen-bond acceptors (Lipinski definition) is 6. The quantitative estimate of drug-likeness (QED) is 0.412. The molecule has 0 aliphatic rings. The van der Waals surface area contributed by atoms with Gasteiger partial charge in [0.15, 0.2) is 0 Å². The SMILES string of the molecule is Cc1nc(COc2cccc(C(=O)Nc3ncn(Cc4ccc(Br)cc4)n3)c2)cs1. The van der Waals surface area contributed by atoms with Crippen molar-refractivity contribution in [1.29, 1.82) is 0 Å². The third kappa shape index (κ3) is 5.31. The summed E-state index contributed by atoms with van der Waals surface area (Å²) in [6, 6.07) is 14.9. The van der Waals surface area contributed by atoms with Crippen molar-refractivity contribution in [2.45, 2.75) is 20.1 Å². The van der Waals surface area contributed by atoms with Crippen molar-refractivity contribution >= 4 is 39.1 Å². The number of carbonyl (C=O) groups excluding carboxylic acids is 1. The van der Waals surface area contributed by atoms with Crippen LogP contribution in [0.25, 0.3) is 0 Å². The van der Waals surface area contributed by atoms with Crippen LogP contribution in [0.4, 0.5) is 5.95 Å². The average molecular weight is 484 g/mol. The van der Waals surface area contributed by atoms with Crippen molar-refractivity contribution in [3.05, 3.63) is 86.5 Å². The normalized spacial score (nSPS) is 10.7. The van der Waals surface area contributed by atoms with Crippen LogP contribution in [-0.4, -0.2) is 25.7 Å². The van der Waals surface area contributed by atoms with Crippen LogP contribution in [0.3, 0.4) is 0 Å². The van der Waals surface area contributed by atoms with E-state index < -0.39 is 0 Å². The van der Waals surface area contributed by atoms with E-state index in [9.17, 15) is 4.79 Å². The summed E-state index contributed by atoms with van der Waals surface area (Å²) in [5, 5.41) is 9.99. The number of carbonyl (C=O) groups is 1. The van der Waals surface area contributed by atoms with E-state index in [1.54, 1.807) is 46.6 Å². The second kappa shape index (κ2) is 9.19. The Hall–Kier alpha value is -3.04. The molecule has 1 amide bonds. The van der Waals surface area contributed by atoms with E-state index in [1.165, 1.54) is 0 Å². The van der Waals surface area contributed by atoms with Gasteiger partial charge >= 0.3 is 0 Å². The van der Waals surface area contributed by atoms with E-state index in [1.807, 2.05) is 36.6 Å². The lowest BCUT2D eigenvalue weighted by Crippen LogP contribution is -2.13. The molecule has 2 aromatic carbocycles. The minimum atomic E-state index is -0.300. The van der Waals surface area contributed by atoms with Gasteiger partial charge in [-0.15, -0.1) is 16.4 Å². The van der Waals surface area contributed by atoms with Gasteiger partial charge < -0.3 is 4.74 Å². The molecule has 2 aromatic heterocycles. The smallest absolute Gasteiger partial charge is 0.258 e. The molecule has 0 atom stereocenters. The minimum Gasteiger partial charge on any atom is -0.487 e. The molecule has 0 saturated carbocycles. The first-order chi connectivity index (χ1) is 14.5. The van der Waals surface area contributed by atoms with Gasteiger partial charge in [0.1, 0.15) is 18.7 Å². The zero-order valence-corrected chi connectivity index (χ0v) is 18.5. The lowest BCUT2D eigenvalue weighted by atomic mass is 10.2. The number of aromatic nitrogens is 4. The van der Waals surface area contributed by atoms with Crippen molar-refractivity contribution < 1.29 is 9.53 Å². The van der Waals surface area contributed by atoms with Crippen LogP contribution in [0.5, 0.6) is 5.75 Å². The zero-order valence-electron chi connectivity index (χ0n) is 16.1. The zero-order chi connectivity index (χ0) is 20.9. The van der Waals surface area contributed by atoms with Gasteiger partial charge in [0.05, 0.1) is 17.2 Å². The summed E-state index contributed by atoms with van der Waals surface area (Å²) in [6.07, 6.45) is 1.59. The molecule has 0 unspecified atom stereocenters. The number of thiazole rings is 1. The summed E-state index contributed by atoms with van der Waals surface area (Å²) in [7, 11) is 0. The number of nitrogens with zero attached hydrogens (tertiary/aromatic N) is 4. The summed E-state index contributed by atoms with van der Waals surface area (Å²) in [6.45, 7) is 2.88. The van der Waals surface area contributed by atoms with Crippen LogP contribution in [0, 0.1) is 6.92 Å². The highest BCUT2D eigenvalue weighted by atomic mass is 79.9. The maximum absolute atomic E-state index is 12.6. The van der Waals surface area contributed by atoms with Gasteiger partial charge in [-0.2, -0.15) is 0 Å². The molecule has 4 rings (SSSR count). The molecule has 1 N–H and O–H groups in total. The highest BCUT2D eigenvalue weighted by Gasteiger charge is 2.11. The molecule has 0 radical (unpaired) electrons. The fourth-order valence-corrected chi connectivity index (χ4v) is 3.60. The van der Waals surface area contributed by atoms with E-state index in [0.717, 1.165) is 20.7 Å². The van der Waals surface area contributed by atoms with Crippen molar-refractivity contribution in [2.75, 3.05) is 5.32 Å². The molecule has 0 spiro atoms. The Morgan fingerprint density at radius 2 is 2.07 bits per heavy atom. The van der Waals surface area contributed by atoms with Gasteiger partial charge in [0.25, 0.3) is 5.91 Å². The van der Waals surface area contributed by atoms with Crippen LogP contribution >= 0.6 is 27.3 Å². The van der Waals surface area contributed by atoms with Crippen molar-refractivity contribution in [3.63, 3.8) is 0 Å². The predicted octanol–water partition coefficient (Wildman–Crippen LogP) is 4.69. The van der Waals surface area contributed by atoms with E-state index in [0.29, 0.717) is 24.5 Å². The number of aryl methyl sites for hydroxylation is 1. The summed E-state index contributed by atoms with van der Waals surface area (Å²) < 4.78 is 8.44. The Balaban J connectivity index is 1.36. The number of benzene rings is 2. The number of rotatable bonds is 7. The molecule has 152 valence electrons. The molecule has 0 bridgehead atoms. The van der Waals surface area contributed by atoms with Crippen LogP contribution in [0.15, 0.2) is 64.7 Å². The Morgan fingerprint density at radius 3 is 2.83 bits per heavy atom. The summed E-state index contributed by atoms with van der Waals surface area (Å²) >= 11 is 5.00. The van der Waals surface area contributed by atoms with E-state index in [-0.39, 0.29) is 11.9 Å². The highest BCUT2D eigenvalue weighted by Crippen LogP contribution is 2.17. The number of amides is 1. The number of halogens is 1. The first-order valence-corrected chi connectivity index (χ1v) is 10.8. The monoisotopic (exact) mass is 483 g/mol. The van der Waals surface area contributed by atoms with Gasteiger partial charge in [-0.1, -0.05) is 34.1 Å². The van der Waals surface area contributed by atoms with Gasteiger partial charge in [0, 0.05) is 15.4 Å². The third-order valence-electron chi connectivity index (χ3n) is 4.17. The third-order valence-corrected chi connectivity index (χ3v) is 5.52. The van der Waals surface area contributed by atoms with Gasteiger partial charge in [0.2, 0.25) is 5.95 Å². The summed E-state index contributed by atoms with van der Waals surface area (Å²) in [5.41, 5.74) is 2.42. The van der Waals surface area contributed by atoms with Gasteiger partial charge in [-0.05, 0) is 42.8 Å². The summed E-state index contributed by atoms with van der Waals surface area (Å²) in [4.78, 5) is 21.1. The number of ether oxygens (including phenoxy) is 1. The maximum Gasteiger partial charge on any atom is 0.258 e. The largest absolute Gasteiger partial charge is 0.487 e. The van der Waals surface area contributed by atoms with E-state index >= 15 is 0 Å². The Kier molecular flexibility index (Phi) is 6.20. The molecular formula is C21H18BrN5O2S. The van der Waals surface area contributed by atoms with Crippen LogP contribution in [0.2, 0.25) is 0 Å². The fraction of sp³-hybridized carbons (Fsp3) is 0.143. The van der Waals surface area contributed by atoms with Crippen molar-refractivity contribution in [1.82, 2.24) is 19.7 Å². The molecule has 4 aromatic rings. The van der Waals surface area contributed by atoms with Crippen LogP contribution in [-0.2, 0) is 13.2 Å². The lowest BCUT2D eigenvalue weighted by molar-refractivity contribution is 0.102. The number of nitrogens with one attached hydrogen (secondary N) is 1. The van der Waals surface area contributed by atoms with Crippen LogP contribution < -0.4 is 10.1 Å². The highest BCUT2D eigenvalue weighted by molar-refractivity contribution is 9.10. The predicted molar refractivity (Wildman–Crippen MR) is 119 cm³/mol. The summed E-state index contributed by atoms with van der Waals surface area (Å²) in [5.74, 6) is 0.551. The second-order valence-corrected chi connectivity index (χ2v) is 8.50. The Bertz CT molecular complexity index is 1160. The molecule has 7 nitrogen and oxygen atoms in total. The van der Waals surface area contributed by atoms with E-state index in [2.05, 4.69) is 36.3 Å². The Morgan fingerprint density at radius 1 is 1.23 bits per heavy atom. The van der Waals surface area contributed by atoms with Gasteiger partial charge in [-0.25, -0.2) is 14.6 Å². The maximum atomic E-state index is 12.6. The van der Waals surface area contributed by atoms with Gasteiger partial charge in [-0.3, -0.25) is 10.1 Å². The molecule has 2 heterocycles. The molecule has 9 heteroatoms. The topological polar surface area (TPSA) is 81.9 Å². The molecule has 0 aliphatic carbocycles. The minimum absolute atomic E-state index is 0.251.